The van der Waals surface area contributed by atoms with E-state index >= 15 is 0 Å². The van der Waals surface area contributed by atoms with Crippen LogP contribution in [-0.2, 0) is 11.2 Å². The highest BCUT2D eigenvalue weighted by molar-refractivity contribution is 5.97. The van der Waals surface area contributed by atoms with Gasteiger partial charge in [-0.25, -0.2) is 4.79 Å². The van der Waals surface area contributed by atoms with Gasteiger partial charge in [-0.1, -0.05) is 13.8 Å². The van der Waals surface area contributed by atoms with E-state index in [2.05, 4.69) is 5.32 Å². The second kappa shape index (κ2) is 5.94. The molecule has 2 rings (SSSR count). The molecule has 1 aromatic carbocycles. The Morgan fingerprint density at radius 3 is 2.80 bits per heavy atom. The quantitative estimate of drug-likeness (QED) is 0.861. The van der Waals surface area contributed by atoms with Gasteiger partial charge in [0, 0.05) is 12.0 Å². The molecule has 1 atom stereocenters. The van der Waals surface area contributed by atoms with Gasteiger partial charge in [-0.3, -0.25) is 4.79 Å². The molecule has 0 spiro atoms. The third-order valence-electron chi connectivity index (χ3n) is 3.26. The highest BCUT2D eigenvalue weighted by Crippen LogP contribution is 2.25. The molecule has 1 heterocycles. The summed E-state index contributed by atoms with van der Waals surface area (Å²) in [6.07, 6.45) is 1.19. The number of rotatable bonds is 5. The van der Waals surface area contributed by atoms with Crippen LogP contribution in [0, 0.1) is 5.92 Å². The van der Waals surface area contributed by atoms with Crippen LogP contribution in [0.5, 0.6) is 5.75 Å². The van der Waals surface area contributed by atoms with Crippen molar-refractivity contribution < 1.29 is 19.4 Å². The number of amides is 1. The van der Waals surface area contributed by atoms with Gasteiger partial charge in [0.05, 0.1) is 6.61 Å². The third kappa shape index (κ3) is 3.29. The zero-order chi connectivity index (χ0) is 14.7. The summed E-state index contributed by atoms with van der Waals surface area (Å²) < 4.78 is 5.38. The predicted molar refractivity (Wildman–Crippen MR) is 74.0 cm³/mol. The summed E-state index contributed by atoms with van der Waals surface area (Å²) in [5, 5.41) is 11.7. The lowest BCUT2D eigenvalue weighted by Gasteiger charge is -2.16. The Bertz CT molecular complexity index is 525. The molecule has 0 fully saturated rings. The minimum atomic E-state index is -1.00. The Labute approximate surface area is 117 Å². The normalized spacial score (nSPS) is 14.6. The van der Waals surface area contributed by atoms with Gasteiger partial charge in [0.1, 0.15) is 11.8 Å². The number of carboxylic acid groups (broad SMARTS) is 1. The first kappa shape index (κ1) is 14.4. The number of ether oxygens (including phenoxy) is 1. The van der Waals surface area contributed by atoms with E-state index < -0.39 is 12.0 Å². The highest BCUT2D eigenvalue weighted by atomic mass is 16.5. The smallest absolute Gasteiger partial charge is 0.326 e. The number of carboxylic acids is 1. The Morgan fingerprint density at radius 1 is 1.40 bits per heavy atom. The molecule has 0 aromatic heterocycles. The van der Waals surface area contributed by atoms with E-state index in [-0.39, 0.29) is 11.8 Å². The van der Waals surface area contributed by atoms with Gasteiger partial charge in [-0.05, 0) is 36.1 Å². The van der Waals surface area contributed by atoms with Crippen LogP contribution >= 0.6 is 0 Å². The third-order valence-corrected chi connectivity index (χ3v) is 3.26. The molecule has 2 N–H and O–H groups in total. The fraction of sp³-hybridized carbons (Fsp3) is 0.467. The van der Waals surface area contributed by atoms with Crippen molar-refractivity contribution in [1.82, 2.24) is 5.32 Å². The summed E-state index contributed by atoms with van der Waals surface area (Å²) in [5.41, 5.74) is 1.47. The molecular formula is C15H19NO4. The van der Waals surface area contributed by atoms with Gasteiger partial charge in [-0.15, -0.1) is 0 Å². The minimum Gasteiger partial charge on any atom is -0.493 e. The summed E-state index contributed by atoms with van der Waals surface area (Å²) in [5.74, 6) is -0.354. The van der Waals surface area contributed by atoms with Gasteiger partial charge < -0.3 is 15.2 Å². The highest BCUT2D eigenvalue weighted by Gasteiger charge is 2.22. The Hall–Kier alpha value is -2.04. The van der Waals surface area contributed by atoms with Crippen molar-refractivity contribution in [3.05, 3.63) is 29.3 Å². The average Bonchev–Trinajstić information content (AvgIpc) is 2.84. The van der Waals surface area contributed by atoms with E-state index in [1.807, 2.05) is 13.8 Å². The fourth-order valence-corrected chi connectivity index (χ4v) is 2.26. The number of benzene rings is 1. The van der Waals surface area contributed by atoms with Crippen molar-refractivity contribution in [2.24, 2.45) is 5.92 Å². The van der Waals surface area contributed by atoms with Crippen molar-refractivity contribution in [2.45, 2.75) is 32.7 Å². The molecule has 5 nitrogen and oxygen atoms in total. The molecule has 0 radical (unpaired) electrons. The summed E-state index contributed by atoms with van der Waals surface area (Å²) in [4.78, 5) is 23.3. The number of carbonyl (C=O) groups excluding carboxylic acids is 1. The Kier molecular flexibility index (Phi) is 4.27. The van der Waals surface area contributed by atoms with Gasteiger partial charge in [0.2, 0.25) is 0 Å². The Morgan fingerprint density at radius 2 is 2.15 bits per heavy atom. The molecule has 1 aliphatic heterocycles. The molecule has 0 saturated carbocycles. The van der Waals surface area contributed by atoms with E-state index in [0.717, 1.165) is 17.7 Å². The zero-order valence-corrected chi connectivity index (χ0v) is 11.7. The van der Waals surface area contributed by atoms with Crippen LogP contribution in [0.1, 0.15) is 36.2 Å². The maximum absolute atomic E-state index is 12.1. The van der Waals surface area contributed by atoms with Gasteiger partial charge in [0.15, 0.2) is 0 Å². The van der Waals surface area contributed by atoms with Crippen molar-refractivity contribution in [3.8, 4) is 5.75 Å². The Balaban J connectivity index is 2.08. The first-order valence-corrected chi connectivity index (χ1v) is 6.76. The summed E-state index contributed by atoms with van der Waals surface area (Å²) >= 11 is 0. The molecule has 0 aliphatic carbocycles. The molecule has 0 unspecified atom stereocenters. The summed E-state index contributed by atoms with van der Waals surface area (Å²) in [6, 6.07) is 4.34. The number of carbonyl (C=O) groups is 2. The molecule has 20 heavy (non-hydrogen) atoms. The van der Waals surface area contributed by atoms with Crippen LogP contribution in [0.15, 0.2) is 18.2 Å². The van der Waals surface area contributed by atoms with E-state index in [0.29, 0.717) is 18.6 Å². The molecule has 1 aliphatic rings. The maximum atomic E-state index is 12.1. The molecule has 108 valence electrons. The molecule has 1 aromatic rings. The molecule has 0 saturated heterocycles. The lowest BCUT2D eigenvalue weighted by molar-refractivity contribution is -0.139. The molecule has 1 amide bonds. The number of nitrogens with one attached hydrogen (secondary N) is 1. The standard InChI is InChI=1S/C15H19NO4/c1-9(2)7-12(15(18)19)16-14(17)11-3-4-13-10(8-11)5-6-20-13/h3-4,8-9,12H,5-7H2,1-2H3,(H,16,17)(H,18,19)/t12-/m0/s1. The number of fused-ring (bicyclic) bond motifs is 1. The lowest BCUT2D eigenvalue weighted by atomic mass is 10.0. The van der Waals surface area contributed by atoms with Crippen molar-refractivity contribution in [2.75, 3.05) is 6.61 Å². The average molecular weight is 277 g/mol. The van der Waals surface area contributed by atoms with Crippen LogP contribution in [0.2, 0.25) is 0 Å². The van der Waals surface area contributed by atoms with Gasteiger partial charge in [0.25, 0.3) is 5.91 Å². The fourth-order valence-electron chi connectivity index (χ4n) is 2.26. The lowest BCUT2D eigenvalue weighted by Crippen LogP contribution is -2.41. The monoisotopic (exact) mass is 277 g/mol. The van der Waals surface area contributed by atoms with Crippen LogP contribution in [-0.4, -0.2) is 29.6 Å². The van der Waals surface area contributed by atoms with E-state index in [1.54, 1.807) is 18.2 Å². The summed E-state index contributed by atoms with van der Waals surface area (Å²) in [7, 11) is 0. The maximum Gasteiger partial charge on any atom is 0.326 e. The SMILES string of the molecule is CC(C)C[C@H](NC(=O)c1ccc2c(c1)CCO2)C(=O)O. The minimum absolute atomic E-state index is 0.199. The van der Waals surface area contributed by atoms with Gasteiger partial charge >= 0.3 is 5.97 Å². The topological polar surface area (TPSA) is 75.6 Å². The van der Waals surface area contributed by atoms with Crippen LogP contribution in [0.3, 0.4) is 0 Å². The predicted octanol–water partition coefficient (Wildman–Crippen LogP) is 1.85. The second-order valence-electron chi connectivity index (χ2n) is 5.41. The number of aliphatic carboxylic acids is 1. The van der Waals surface area contributed by atoms with Crippen LogP contribution < -0.4 is 10.1 Å². The van der Waals surface area contributed by atoms with Crippen LogP contribution in [0.4, 0.5) is 0 Å². The largest absolute Gasteiger partial charge is 0.493 e. The molecule has 5 heteroatoms. The molecule has 0 bridgehead atoms. The van der Waals surface area contributed by atoms with Crippen molar-refractivity contribution >= 4 is 11.9 Å². The number of hydrogen-bond donors (Lipinski definition) is 2. The van der Waals surface area contributed by atoms with Crippen molar-refractivity contribution in [3.63, 3.8) is 0 Å². The van der Waals surface area contributed by atoms with E-state index in [4.69, 9.17) is 9.84 Å². The number of hydrogen-bond acceptors (Lipinski definition) is 3. The van der Waals surface area contributed by atoms with Crippen molar-refractivity contribution in [1.29, 1.82) is 0 Å². The molecular weight excluding hydrogens is 258 g/mol. The first-order valence-electron chi connectivity index (χ1n) is 6.76. The first-order chi connectivity index (χ1) is 9.47. The summed E-state index contributed by atoms with van der Waals surface area (Å²) in [6.45, 7) is 4.48. The van der Waals surface area contributed by atoms with Gasteiger partial charge in [-0.2, -0.15) is 0 Å². The zero-order valence-electron chi connectivity index (χ0n) is 11.7. The van der Waals surface area contributed by atoms with E-state index in [9.17, 15) is 9.59 Å². The van der Waals surface area contributed by atoms with Crippen LogP contribution in [0.25, 0.3) is 0 Å². The second-order valence-corrected chi connectivity index (χ2v) is 5.41. The van der Waals surface area contributed by atoms with E-state index in [1.165, 1.54) is 0 Å².